The second kappa shape index (κ2) is 3.13. The molecule has 0 aliphatic carbocycles. The van der Waals surface area contributed by atoms with Crippen LogP contribution in [-0.2, 0) is 0 Å². The van der Waals surface area contributed by atoms with Crippen LogP contribution in [0.4, 0.5) is 4.39 Å². The Labute approximate surface area is 63.7 Å². The molecule has 0 saturated heterocycles. The number of pyridine rings is 1. The molecule has 0 aliphatic rings. The molecule has 0 aromatic carbocycles. The molecule has 1 unspecified atom stereocenters. The predicted octanol–water partition coefficient (Wildman–Crippen LogP) is 0.887. The van der Waals surface area contributed by atoms with Crippen LogP contribution in [0.5, 0.6) is 0 Å². The Kier molecular flexibility index (Phi) is 2.19. The number of rotatable bonds is 1. The average molecular weight is 151 g/mol. The molecule has 0 radical (unpaired) electrons. The van der Waals surface area contributed by atoms with Crippen LogP contribution in [-0.4, -0.2) is 10.1 Å². The zero-order valence-electron chi connectivity index (χ0n) is 5.66. The molecule has 0 amide bonds. The number of aliphatic hydroxyl groups is 1. The van der Waals surface area contributed by atoms with Crippen molar-refractivity contribution in [2.45, 2.75) is 6.10 Å². The number of terminal acetylenes is 1. The first kappa shape index (κ1) is 7.70. The SMILES string of the molecule is C#CC(O)c1cccnc1F. The van der Waals surface area contributed by atoms with Crippen molar-refractivity contribution in [1.29, 1.82) is 0 Å². The highest BCUT2D eigenvalue weighted by atomic mass is 19.1. The summed E-state index contributed by atoms with van der Waals surface area (Å²) in [6, 6.07) is 2.91. The third kappa shape index (κ3) is 1.54. The summed E-state index contributed by atoms with van der Waals surface area (Å²) in [6.45, 7) is 0. The first-order valence-electron chi connectivity index (χ1n) is 3.00. The van der Waals surface area contributed by atoms with E-state index in [0.29, 0.717) is 0 Å². The molecule has 3 heteroatoms. The normalized spacial score (nSPS) is 12.1. The quantitative estimate of drug-likeness (QED) is 0.477. The summed E-state index contributed by atoms with van der Waals surface area (Å²) in [5.41, 5.74) is 0.0370. The standard InChI is InChI=1S/C8H6FNO/c1-2-7(11)6-4-3-5-10-8(6)9/h1,3-5,7,11H. The lowest BCUT2D eigenvalue weighted by molar-refractivity contribution is 0.231. The second-order valence-corrected chi connectivity index (χ2v) is 1.95. The van der Waals surface area contributed by atoms with Crippen LogP contribution < -0.4 is 0 Å². The van der Waals surface area contributed by atoms with Gasteiger partial charge in [-0.15, -0.1) is 6.42 Å². The molecule has 0 saturated carbocycles. The maximum Gasteiger partial charge on any atom is 0.219 e. The van der Waals surface area contributed by atoms with E-state index >= 15 is 0 Å². The topological polar surface area (TPSA) is 33.1 Å². The molecule has 0 aliphatic heterocycles. The molecular weight excluding hydrogens is 145 g/mol. The molecule has 1 rings (SSSR count). The van der Waals surface area contributed by atoms with Gasteiger partial charge < -0.3 is 5.11 Å². The van der Waals surface area contributed by atoms with Crippen LogP contribution in [0.3, 0.4) is 0 Å². The largest absolute Gasteiger partial charge is 0.376 e. The van der Waals surface area contributed by atoms with Crippen LogP contribution in [0.15, 0.2) is 18.3 Å². The number of nitrogens with zero attached hydrogens (tertiary/aromatic N) is 1. The van der Waals surface area contributed by atoms with Crippen molar-refractivity contribution in [2.75, 3.05) is 0 Å². The van der Waals surface area contributed by atoms with Gasteiger partial charge in [-0.2, -0.15) is 4.39 Å². The molecule has 0 spiro atoms. The van der Waals surface area contributed by atoms with E-state index < -0.39 is 12.1 Å². The fourth-order valence-electron chi connectivity index (χ4n) is 0.692. The molecule has 1 aromatic rings. The van der Waals surface area contributed by atoms with E-state index in [4.69, 9.17) is 11.5 Å². The minimum absolute atomic E-state index is 0.0370. The van der Waals surface area contributed by atoms with Gasteiger partial charge >= 0.3 is 0 Å². The summed E-state index contributed by atoms with van der Waals surface area (Å²) in [4.78, 5) is 3.33. The first-order chi connectivity index (χ1) is 5.25. The average Bonchev–Trinajstić information content (AvgIpc) is 2.04. The van der Waals surface area contributed by atoms with Gasteiger partial charge in [-0.25, -0.2) is 4.98 Å². The molecule has 1 aromatic heterocycles. The molecule has 2 nitrogen and oxygen atoms in total. The Bertz CT molecular complexity index is 292. The smallest absolute Gasteiger partial charge is 0.219 e. The van der Waals surface area contributed by atoms with Gasteiger partial charge in [0.2, 0.25) is 5.95 Å². The Balaban J connectivity index is 3.05. The summed E-state index contributed by atoms with van der Waals surface area (Å²) >= 11 is 0. The molecule has 0 fully saturated rings. The van der Waals surface area contributed by atoms with Crippen molar-refractivity contribution in [1.82, 2.24) is 4.98 Å². The lowest BCUT2D eigenvalue weighted by atomic mass is 10.2. The van der Waals surface area contributed by atoms with Gasteiger partial charge in [-0.05, 0) is 12.1 Å². The zero-order valence-corrected chi connectivity index (χ0v) is 5.66. The summed E-state index contributed by atoms with van der Waals surface area (Å²) in [7, 11) is 0. The van der Waals surface area contributed by atoms with Crippen LogP contribution in [0.2, 0.25) is 0 Å². The molecule has 1 heterocycles. The summed E-state index contributed by atoms with van der Waals surface area (Å²) in [5.74, 6) is 1.27. The van der Waals surface area contributed by atoms with Crippen molar-refractivity contribution in [3.8, 4) is 12.3 Å². The Morgan fingerprint density at radius 1 is 1.73 bits per heavy atom. The van der Waals surface area contributed by atoms with Gasteiger partial charge in [0.15, 0.2) is 0 Å². The fourth-order valence-corrected chi connectivity index (χ4v) is 0.692. The molecule has 1 atom stereocenters. The molecule has 56 valence electrons. The summed E-state index contributed by atoms with van der Waals surface area (Å²) in [6.07, 6.45) is 4.97. The summed E-state index contributed by atoms with van der Waals surface area (Å²) in [5, 5.41) is 8.99. The van der Waals surface area contributed by atoms with Gasteiger partial charge in [0, 0.05) is 11.8 Å². The molecule has 0 bridgehead atoms. The van der Waals surface area contributed by atoms with Crippen molar-refractivity contribution < 1.29 is 9.50 Å². The van der Waals surface area contributed by atoms with E-state index in [2.05, 4.69) is 4.98 Å². The Morgan fingerprint density at radius 2 is 2.45 bits per heavy atom. The maximum atomic E-state index is 12.7. The fraction of sp³-hybridized carbons (Fsp3) is 0.125. The number of halogens is 1. The number of hydrogen-bond acceptors (Lipinski definition) is 2. The van der Waals surface area contributed by atoms with E-state index in [-0.39, 0.29) is 5.56 Å². The van der Waals surface area contributed by atoms with Gasteiger partial charge in [0.1, 0.15) is 6.10 Å². The van der Waals surface area contributed by atoms with Gasteiger partial charge in [0.25, 0.3) is 0 Å². The minimum Gasteiger partial charge on any atom is -0.376 e. The summed E-state index contributed by atoms with van der Waals surface area (Å²) < 4.78 is 12.7. The van der Waals surface area contributed by atoms with Crippen LogP contribution >= 0.6 is 0 Å². The van der Waals surface area contributed by atoms with E-state index in [9.17, 15) is 4.39 Å². The number of hydrogen-bond donors (Lipinski definition) is 1. The van der Waals surface area contributed by atoms with E-state index in [1.54, 1.807) is 0 Å². The minimum atomic E-state index is -1.20. The molecular formula is C8H6FNO. The van der Waals surface area contributed by atoms with Gasteiger partial charge in [-0.3, -0.25) is 0 Å². The highest BCUT2D eigenvalue weighted by molar-refractivity contribution is 5.20. The van der Waals surface area contributed by atoms with Crippen LogP contribution in [0, 0.1) is 18.3 Å². The van der Waals surface area contributed by atoms with E-state index in [0.717, 1.165) is 0 Å². The second-order valence-electron chi connectivity index (χ2n) is 1.95. The maximum absolute atomic E-state index is 12.7. The lowest BCUT2D eigenvalue weighted by Gasteiger charge is -2.02. The van der Waals surface area contributed by atoms with Crippen molar-refractivity contribution in [2.24, 2.45) is 0 Å². The van der Waals surface area contributed by atoms with Crippen LogP contribution in [0.25, 0.3) is 0 Å². The van der Waals surface area contributed by atoms with Gasteiger partial charge in [-0.1, -0.05) is 5.92 Å². The van der Waals surface area contributed by atoms with E-state index in [1.807, 2.05) is 5.92 Å². The molecule has 11 heavy (non-hydrogen) atoms. The monoisotopic (exact) mass is 151 g/mol. The Morgan fingerprint density at radius 3 is 3.00 bits per heavy atom. The van der Waals surface area contributed by atoms with Gasteiger partial charge in [0.05, 0.1) is 0 Å². The Hall–Kier alpha value is -1.40. The van der Waals surface area contributed by atoms with Crippen molar-refractivity contribution >= 4 is 0 Å². The third-order valence-electron chi connectivity index (χ3n) is 1.24. The van der Waals surface area contributed by atoms with Crippen LogP contribution in [0.1, 0.15) is 11.7 Å². The third-order valence-corrected chi connectivity index (χ3v) is 1.24. The number of aliphatic hydroxyl groups excluding tert-OH is 1. The lowest BCUT2D eigenvalue weighted by Crippen LogP contribution is -1.98. The van der Waals surface area contributed by atoms with Crippen molar-refractivity contribution in [3.05, 3.63) is 29.8 Å². The molecule has 1 N–H and O–H groups in total. The van der Waals surface area contributed by atoms with E-state index in [1.165, 1.54) is 18.3 Å². The highest BCUT2D eigenvalue weighted by Gasteiger charge is 2.08. The van der Waals surface area contributed by atoms with Crippen molar-refractivity contribution in [3.63, 3.8) is 0 Å². The first-order valence-corrected chi connectivity index (χ1v) is 3.00. The predicted molar refractivity (Wildman–Crippen MR) is 38.0 cm³/mol. The zero-order chi connectivity index (χ0) is 8.27. The highest BCUT2D eigenvalue weighted by Crippen LogP contribution is 2.12. The number of aromatic nitrogens is 1.